The molecule has 3 aliphatic rings. The molecule has 3 atom stereocenters. The van der Waals surface area contributed by atoms with Crippen LogP contribution in [0.15, 0.2) is 17.5 Å². The Bertz CT molecular complexity index is 432. The summed E-state index contributed by atoms with van der Waals surface area (Å²) in [5.41, 5.74) is 0. The van der Waals surface area contributed by atoms with Crippen LogP contribution < -0.4 is 0 Å². The number of thiophene rings is 1. The van der Waals surface area contributed by atoms with Crippen molar-refractivity contribution in [2.75, 3.05) is 19.8 Å². The Morgan fingerprint density at radius 1 is 1.30 bits per heavy atom. The summed E-state index contributed by atoms with van der Waals surface area (Å²) in [5, 5.41) is 2.17. The molecule has 3 fully saturated rings. The van der Waals surface area contributed by atoms with Gasteiger partial charge in [0, 0.05) is 30.6 Å². The minimum atomic E-state index is 0.304. The van der Waals surface area contributed by atoms with E-state index in [-0.39, 0.29) is 0 Å². The van der Waals surface area contributed by atoms with Gasteiger partial charge < -0.3 is 9.47 Å². The minimum absolute atomic E-state index is 0.304. The lowest BCUT2D eigenvalue weighted by atomic mass is 10.1. The van der Waals surface area contributed by atoms with E-state index in [2.05, 4.69) is 22.4 Å². The summed E-state index contributed by atoms with van der Waals surface area (Å²) >= 11 is 1.86. The van der Waals surface area contributed by atoms with Gasteiger partial charge in [0.2, 0.25) is 0 Å². The first kappa shape index (κ1) is 13.3. The van der Waals surface area contributed by atoms with Crippen LogP contribution in [0.1, 0.15) is 30.6 Å². The first-order valence-electron chi connectivity index (χ1n) is 7.90. The highest BCUT2D eigenvalue weighted by Gasteiger charge is 2.43. The summed E-state index contributed by atoms with van der Waals surface area (Å²) < 4.78 is 12.3. The van der Waals surface area contributed by atoms with E-state index >= 15 is 0 Å². The van der Waals surface area contributed by atoms with Crippen LogP contribution in [-0.4, -0.2) is 42.9 Å². The Morgan fingerprint density at radius 3 is 3.05 bits per heavy atom. The number of rotatable bonds is 5. The number of fused-ring (bicyclic) bond motifs is 2. The number of nitrogens with zero attached hydrogens (tertiary/aromatic N) is 1. The van der Waals surface area contributed by atoms with Crippen molar-refractivity contribution >= 4 is 11.3 Å². The molecule has 0 amide bonds. The lowest BCUT2D eigenvalue weighted by Crippen LogP contribution is -2.43. The second-order valence-corrected chi connectivity index (χ2v) is 7.38. The molecule has 2 heterocycles. The molecular weight excluding hydrogens is 270 g/mol. The van der Waals surface area contributed by atoms with Crippen molar-refractivity contribution < 1.29 is 9.47 Å². The summed E-state index contributed by atoms with van der Waals surface area (Å²) in [6, 6.07) is 4.94. The predicted molar refractivity (Wildman–Crippen MR) is 80.0 cm³/mol. The number of ether oxygens (including phenoxy) is 2. The Morgan fingerprint density at radius 2 is 2.25 bits per heavy atom. The molecular formula is C16H23NO2S. The molecule has 20 heavy (non-hydrogen) atoms. The summed E-state index contributed by atoms with van der Waals surface area (Å²) in [4.78, 5) is 4.05. The largest absolute Gasteiger partial charge is 0.374 e. The molecule has 3 unspecified atom stereocenters. The molecule has 110 valence electrons. The fraction of sp³-hybridized carbons (Fsp3) is 0.750. The molecule has 1 aromatic rings. The normalized spacial score (nSPS) is 34.3. The van der Waals surface area contributed by atoms with E-state index in [1.54, 1.807) is 0 Å². The van der Waals surface area contributed by atoms with Gasteiger partial charge in [-0.15, -0.1) is 11.3 Å². The van der Waals surface area contributed by atoms with Gasteiger partial charge in [0.05, 0.1) is 18.8 Å². The molecule has 0 spiro atoms. The SMILES string of the molecule is c1csc(CN2CCOC3CCC2C3OCC2CC2)c1. The highest BCUT2D eigenvalue weighted by Crippen LogP contribution is 2.36. The van der Waals surface area contributed by atoms with Crippen LogP contribution in [0.2, 0.25) is 0 Å². The maximum atomic E-state index is 6.26. The second-order valence-electron chi connectivity index (χ2n) is 6.35. The van der Waals surface area contributed by atoms with Gasteiger partial charge in [0.15, 0.2) is 0 Å². The van der Waals surface area contributed by atoms with Gasteiger partial charge in [0.25, 0.3) is 0 Å². The molecule has 1 aromatic heterocycles. The van der Waals surface area contributed by atoms with E-state index in [4.69, 9.17) is 9.47 Å². The van der Waals surface area contributed by atoms with Crippen molar-refractivity contribution in [2.24, 2.45) is 5.92 Å². The zero-order valence-corrected chi connectivity index (χ0v) is 12.7. The average Bonchev–Trinajstić information content (AvgIpc) is 3.00. The summed E-state index contributed by atoms with van der Waals surface area (Å²) in [6.07, 6.45) is 5.76. The molecule has 0 N–H and O–H groups in total. The maximum Gasteiger partial charge on any atom is 0.0991 e. The summed E-state index contributed by atoms with van der Waals surface area (Å²) in [7, 11) is 0. The molecule has 2 aliphatic carbocycles. The smallest absolute Gasteiger partial charge is 0.0991 e. The van der Waals surface area contributed by atoms with Crippen LogP contribution in [0, 0.1) is 5.92 Å². The molecule has 2 bridgehead atoms. The van der Waals surface area contributed by atoms with Gasteiger partial charge in [-0.25, -0.2) is 0 Å². The van der Waals surface area contributed by atoms with Crippen molar-refractivity contribution in [3.05, 3.63) is 22.4 Å². The van der Waals surface area contributed by atoms with Gasteiger partial charge >= 0.3 is 0 Å². The predicted octanol–water partition coefficient (Wildman–Crippen LogP) is 2.91. The quantitative estimate of drug-likeness (QED) is 0.833. The minimum Gasteiger partial charge on any atom is -0.374 e. The van der Waals surface area contributed by atoms with Gasteiger partial charge in [-0.3, -0.25) is 4.90 Å². The van der Waals surface area contributed by atoms with Crippen LogP contribution in [0.4, 0.5) is 0 Å². The van der Waals surface area contributed by atoms with Crippen LogP contribution in [0.5, 0.6) is 0 Å². The molecule has 2 saturated carbocycles. The lowest BCUT2D eigenvalue weighted by molar-refractivity contribution is -0.0571. The average molecular weight is 293 g/mol. The zero-order valence-electron chi connectivity index (χ0n) is 11.9. The fourth-order valence-corrected chi connectivity index (χ4v) is 4.25. The topological polar surface area (TPSA) is 21.7 Å². The molecule has 4 heteroatoms. The summed E-state index contributed by atoms with van der Waals surface area (Å²) in [6.45, 7) is 3.91. The van der Waals surface area contributed by atoms with Crippen molar-refractivity contribution in [1.82, 2.24) is 4.90 Å². The standard InChI is InChI=1S/C16H23NO2S/c1-2-13(20-9-1)10-17-7-8-18-15-6-5-14(17)16(15)19-11-12-3-4-12/h1-2,9,12,14-16H,3-8,10-11H2. The van der Waals surface area contributed by atoms with Gasteiger partial charge in [-0.05, 0) is 43.0 Å². The molecule has 4 rings (SSSR count). The third-order valence-corrected chi connectivity index (χ3v) is 5.69. The van der Waals surface area contributed by atoms with Gasteiger partial charge in [-0.2, -0.15) is 0 Å². The second kappa shape index (κ2) is 5.76. The summed E-state index contributed by atoms with van der Waals surface area (Å²) in [5.74, 6) is 0.836. The Balaban J connectivity index is 1.44. The van der Waals surface area contributed by atoms with E-state index in [0.717, 1.165) is 32.2 Å². The Kier molecular flexibility index (Phi) is 3.82. The van der Waals surface area contributed by atoms with Crippen molar-refractivity contribution in [2.45, 2.75) is 50.5 Å². The fourth-order valence-electron chi connectivity index (χ4n) is 3.52. The van der Waals surface area contributed by atoms with Crippen molar-refractivity contribution in [3.8, 4) is 0 Å². The highest BCUT2D eigenvalue weighted by molar-refractivity contribution is 7.09. The number of hydrogen-bond acceptors (Lipinski definition) is 4. The van der Waals surface area contributed by atoms with E-state index in [1.807, 2.05) is 11.3 Å². The van der Waals surface area contributed by atoms with Crippen LogP contribution in [0.25, 0.3) is 0 Å². The molecule has 3 nitrogen and oxygen atoms in total. The Hall–Kier alpha value is -0.420. The van der Waals surface area contributed by atoms with E-state index in [0.29, 0.717) is 18.2 Å². The van der Waals surface area contributed by atoms with E-state index < -0.39 is 0 Å². The van der Waals surface area contributed by atoms with Gasteiger partial charge in [-0.1, -0.05) is 6.07 Å². The van der Waals surface area contributed by atoms with E-state index in [1.165, 1.54) is 30.6 Å². The first-order chi connectivity index (χ1) is 9.90. The van der Waals surface area contributed by atoms with Gasteiger partial charge in [0.1, 0.15) is 0 Å². The van der Waals surface area contributed by atoms with Crippen LogP contribution >= 0.6 is 11.3 Å². The third kappa shape index (κ3) is 2.80. The zero-order chi connectivity index (χ0) is 13.4. The molecule has 1 aliphatic heterocycles. The highest BCUT2D eigenvalue weighted by atomic mass is 32.1. The molecule has 0 aromatic carbocycles. The first-order valence-corrected chi connectivity index (χ1v) is 8.78. The lowest BCUT2D eigenvalue weighted by Gasteiger charge is -2.30. The molecule has 1 saturated heterocycles. The third-order valence-electron chi connectivity index (χ3n) is 4.83. The van der Waals surface area contributed by atoms with Crippen molar-refractivity contribution in [3.63, 3.8) is 0 Å². The van der Waals surface area contributed by atoms with E-state index in [9.17, 15) is 0 Å². The van der Waals surface area contributed by atoms with Crippen LogP contribution in [0.3, 0.4) is 0 Å². The Labute approximate surface area is 124 Å². The number of hydrogen-bond donors (Lipinski definition) is 0. The maximum absolute atomic E-state index is 6.26. The van der Waals surface area contributed by atoms with Crippen LogP contribution in [-0.2, 0) is 16.0 Å². The molecule has 0 radical (unpaired) electrons. The monoisotopic (exact) mass is 293 g/mol. The van der Waals surface area contributed by atoms with Crippen molar-refractivity contribution in [1.29, 1.82) is 0 Å².